The van der Waals surface area contributed by atoms with E-state index in [-0.39, 0.29) is 11.8 Å². The minimum absolute atomic E-state index is 0.292. The fraction of sp³-hybridized carbons (Fsp3) is 0.143. The van der Waals surface area contributed by atoms with Crippen LogP contribution in [0.25, 0.3) is 0 Å². The van der Waals surface area contributed by atoms with Crippen LogP contribution in [0.2, 0.25) is 0 Å². The summed E-state index contributed by atoms with van der Waals surface area (Å²) in [7, 11) is 1.68. The summed E-state index contributed by atoms with van der Waals surface area (Å²) in [5.74, 6) is -0.351. The van der Waals surface area contributed by atoms with Crippen molar-refractivity contribution in [1.82, 2.24) is 9.88 Å². The summed E-state index contributed by atoms with van der Waals surface area (Å²) < 4.78 is 13.8. The Balaban J connectivity index is 1.93. The monoisotopic (exact) mass is 349 g/mol. The number of amides is 2. The fourth-order valence-electron chi connectivity index (χ4n) is 2.84. The zero-order valence-corrected chi connectivity index (χ0v) is 14.7. The maximum Gasteiger partial charge on any atom is 0.322 e. The molecule has 0 saturated heterocycles. The molecule has 0 aliphatic heterocycles. The molecule has 2 amide bonds. The van der Waals surface area contributed by atoms with E-state index in [4.69, 9.17) is 0 Å². The lowest BCUT2D eigenvalue weighted by Crippen LogP contribution is -2.36. The standard InChI is InChI=1S/C21H20FN3O/c1-15-8-3-4-11-18(15)24-21(26)25(2)20(19-12-5-6-13-23-19)16-9-7-10-17(22)14-16/h3-14,20H,1-2H3,(H,24,26)/t20-/m0/s1. The molecule has 3 rings (SSSR count). The molecule has 1 heterocycles. The van der Waals surface area contributed by atoms with Gasteiger partial charge in [0.2, 0.25) is 0 Å². The molecule has 0 unspecified atom stereocenters. The molecule has 0 spiro atoms. The van der Waals surface area contributed by atoms with Gasteiger partial charge in [-0.2, -0.15) is 0 Å². The average Bonchev–Trinajstić information content (AvgIpc) is 2.65. The summed E-state index contributed by atoms with van der Waals surface area (Å²) in [6.07, 6.45) is 1.66. The lowest BCUT2D eigenvalue weighted by atomic mass is 10.0. The Bertz CT molecular complexity index is 899. The molecule has 0 saturated carbocycles. The number of pyridine rings is 1. The predicted molar refractivity (Wildman–Crippen MR) is 100 cm³/mol. The lowest BCUT2D eigenvalue weighted by molar-refractivity contribution is 0.211. The Hall–Kier alpha value is -3.21. The first-order chi connectivity index (χ1) is 12.6. The second-order valence-corrected chi connectivity index (χ2v) is 6.07. The molecule has 4 nitrogen and oxygen atoms in total. The number of rotatable bonds is 4. The zero-order chi connectivity index (χ0) is 18.5. The summed E-state index contributed by atoms with van der Waals surface area (Å²) in [5.41, 5.74) is 3.03. The van der Waals surface area contributed by atoms with Crippen LogP contribution in [0.4, 0.5) is 14.9 Å². The molecule has 2 aromatic carbocycles. The van der Waals surface area contributed by atoms with Gasteiger partial charge >= 0.3 is 6.03 Å². The third-order valence-electron chi connectivity index (χ3n) is 4.23. The third-order valence-corrected chi connectivity index (χ3v) is 4.23. The summed E-state index contributed by atoms with van der Waals surface area (Å²) >= 11 is 0. The highest BCUT2D eigenvalue weighted by molar-refractivity contribution is 5.90. The summed E-state index contributed by atoms with van der Waals surface area (Å²) in [6, 6.07) is 18.5. The number of hydrogen-bond donors (Lipinski definition) is 1. The van der Waals surface area contributed by atoms with Gasteiger partial charge < -0.3 is 10.2 Å². The van der Waals surface area contributed by atoms with Gasteiger partial charge in [-0.15, -0.1) is 0 Å². The highest BCUT2D eigenvalue weighted by Gasteiger charge is 2.25. The van der Waals surface area contributed by atoms with Crippen molar-refractivity contribution in [2.75, 3.05) is 12.4 Å². The molecule has 1 atom stereocenters. The first-order valence-corrected chi connectivity index (χ1v) is 8.32. The summed E-state index contributed by atoms with van der Waals surface area (Å²) in [6.45, 7) is 1.93. The number of urea groups is 1. The molecule has 1 N–H and O–H groups in total. The predicted octanol–water partition coefficient (Wildman–Crippen LogP) is 4.78. The van der Waals surface area contributed by atoms with Crippen LogP contribution in [0.3, 0.4) is 0 Å². The number of aryl methyl sites for hydroxylation is 1. The van der Waals surface area contributed by atoms with Crippen molar-refractivity contribution in [3.8, 4) is 0 Å². The number of benzene rings is 2. The molecule has 0 aliphatic carbocycles. The smallest absolute Gasteiger partial charge is 0.315 e. The van der Waals surface area contributed by atoms with E-state index in [9.17, 15) is 9.18 Å². The van der Waals surface area contributed by atoms with Gasteiger partial charge in [-0.25, -0.2) is 9.18 Å². The Morgan fingerprint density at radius 2 is 1.85 bits per heavy atom. The van der Waals surface area contributed by atoms with Crippen molar-refractivity contribution < 1.29 is 9.18 Å². The van der Waals surface area contributed by atoms with Gasteiger partial charge in [0, 0.05) is 18.9 Å². The number of carbonyl (C=O) groups is 1. The number of nitrogens with one attached hydrogen (secondary N) is 1. The van der Waals surface area contributed by atoms with E-state index in [0.717, 1.165) is 11.3 Å². The fourth-order valence-corrected chi connectivity index (χ4v) is 2.84. The van der Waals surface area contributed by atoms with Crippen molar-refractivity contribution >= 4 is 11.7 Å². The lowest BCUT2D eigenvalue weighted by Gasteiger charge is -2.28. The molecule has 5 heteroatoms. The Kier molecular flexibility index (Phi) is 5.27. The van der Waals surface area contributed by atoms with Gasteiger partial charge in [-0.3, -0.25) is 4.98 Å². The topological polar surface area (TPSA) is 45.2 Å². The number of hydrogen-bond acceptors (Lipinski definition) is 2. The summed E-state index contributed by atoms with van der Waals surface area (Å²) in [4.78, 5) is 18.7. The largest absolute Gasteiger partial charge is 0.322 e. The number of anilines is 1. The van der Waals surface area contributed by atoms with Crippen molar-refractivity contribution in [3.63, 3.8) is 0 Å². The van der Waals surface area contributed by atoms with Gasteiger partial charge in [-0.05, 0) is 48.4 Å². The van der Waals surface area contributed by atoms with E-state index < -0.39 is 6.04 Å². The molecular weight excluding hydrogens is 329 g/mol. The minimum atomic E-state index is -0.504. The maximum atomic E-state index is 13.8. The highest BCUT2D eigenvalue weighted by Crippen LogP contribution is 2.27. The van der Waals surface area contributed by atoms with E-state index in [1.54, 1.807) is 31.4 Å². The van der Waals surface area contributed by atoms with E-state index in [0.29, 0.717) is 11.3 Å². The van der Waals surface area contributed by atoms with Crippen LogP contribution in [-0.2, 0) is 0 Å². The quantitative estimate of drug-likeness (QED) is 0.736. The highest BCUT2D eigenvalue weighted by atomic mass is 19.1. The SMILES string of the molecule is Cc1ccccc1NC(=O)N(C)[C@@H](c1cccc(F)c1)c1ccccn1. The average molecular weight is 349 g/mol. The second kappa shape index (κ2) is 7.78. The van der Waals surface area contributed by atoms with Crippen molar-refractivity contribution in [3.05, 3.63) is 95.6 Å². The van der Waals surface area contributed by atoms with Gasteiger partial charge in [0.05, 0.1) is 5.69 Å². The number of nitrogens with zero attached hydrogens (tertiary/aromatic N) is 2. The molecule has 26 heavy (non-hydrogen) atoms. The van der Waals surface area contributed by atoms with Crippen LogP contribution in [0, 0.1) is 12.7 Å². The molecule has 0 fully saturated rings. The number of carbonyl (C=O) groups excluding carboxylic acids is 1. The summed E-state index contributed by atoms with van der Waals surface area (Å²) in [5, 5.41) is 2.91. The molecule has 1 aromatic heterocycles. The molecule has 0 aliphatic rings. The molecule has 132 valence electrons. The molecule has 0 bridgehead atoms. The van der Waals surface area contributed by atoms with Crippen LogP contribution in [0.1, 0.15) is 22.9 Å². The second-order valence-electron chi connectivity index (χ2n) is 6.07. The Morgan fingerprint density at radius 3 is 2.54 bits per heavy atom. The van der Waals surface area contributed by atoms with E-state index in [1.807, 2.05) is 43.3 Å². The number of aromatic nitrogens is 1. The van der Waals surface area contributed by atoms with Gasteiger partial charge in [0.1, 0.15) is 11.9 Å². The Morgan fingerprint density at radius 1 is 1.08 bits per heavy atom. The first-order valence-electron chi connectivity index (χ1n) is 8.32. The Labute approximate surface area is 152 Å². The van der Waals surface area contributed by atoms with Crippen LogP contribution in [-0.4, -0.2) is 23.0 Å². The van der Waals surface area contributed by atoms with Gasteiger partial charge in [-0.1, -0.05) is 36.4 Å². The van der Waals surface area contributed by atoms with Crippen molar-refractivity contribution in [2.24, 2.45) is 0 Å². The van der Waals surface area contributed by atoms with E-state index in [1.165, 1.54) is 17.0 Å². The van der Waals surface area contributed by atoms with E-state index >= 15 is 0 Å². The van der Waals surface area contributed by atoms with Gasteiger partial charge in [0.25, 0.3) is 0 Å². The molecule has 3 aromatic rings. The van der Waals surface area contributed by atoms with Crippen molar-refractivity contribution in [1.29, 1.82) is 0 Å². The number of halogens is 1. The first kappa shape index (κ1) is 17.6. The minimum Gasteiger partial charge on any atom is -0.315 e. The zero-order valence-electron chi connectivity index (χ0n) is 14.7. The molecule has 0 radical (unpaired) electrons. The normalized spacial score (nSPS) is 11.7. The van der Waals surface area contributed by atoms with Gasteiger partial charge in [0.15, 0.2) is 0 Å². The van der Waals surface area contributed by atoms with Crippen LogP contribution >= 0.6 is 0 Å². The van der Waals surface area contributed by atoms with Crippen LogP contribution in [0.5, 0.6) is 0 Å². The third kappa shape index (κ3) is 3.88. The van der Waals surface area contributed by atoms with Crippen LogP contribution < -0.4 is 5.32 Å². The van der Waals surface area contributed by atoms with E-state index in [2.05, 4.69) is 10.3 Å². The van der Waals surface area contributed by atoms with Crippen LogP contribution in [0.15, 0.2) is 72.9 Å². The number of para-hydroxylation sites is 1. The van der Waals surface area contributed by atoms with Crippen molar-refractivity contribution in [2.45, 2.75) is 13.0 Å². The molecular formula is C21H20FN3O. The maximum absolute atomic E-state index is 13.8.